The summed E-state index contributed by atoms with van der Waals surface area (Å²) in [5.74, 6) is -3.80. The number of amides is 2. The average Bonchev–Trinajstić information content (AvgIpc) is 4.09. The molecule has 2 amide bonds. The maximum Gasteiger partial charge on any atom is 0.306 e. The van der Waals surface area contributed by atoms with Crippen LogP contribution in [0.5, 0.6) is 11.6 Å². The van der Waals surface area contributed by atoms with Crippen molar-refractivity contribution in [1.29, 1.82) is 0 Å². The van der Waals surface area contributed by atoms with E-state index in [9.17, 15) is 36.4 Å². The number of sulfonamides is 1. The van der Waals surface area contributed by atoms with Gasteiger partial charge in [0.2, 0.25) is 34.1 Å². The van der Waals surface area contributed by atoms with Crippen molar-refractivity contribution in [3.8, 4) is 11.6 Å². The fraction of sp³-hybridized carbons (Fsp3) is 0.727. The molecule has 8 rings (SSSR count). The summed E-state index contributed by atoms with van der Waals surface area (Å²) in [5, 5.41) is -0.780. The quantitative estimate of drug-likeness (QED) is 0.290. The van der Waals surface area contributed by atoms with Gasteiger partial charge in [-0.1, -0.05) is 48.0 Å². The zero-order valence-electron chi connectivity index (χ0n) is 34.5. The number of Topliss-reactive ketones (excluding diaryl/α,β-unsaturated/α-hetero) is 1. The summed E-state index contributed by atoms with van der Waals surface area (Å²) in [6.07, 6.45) is 1.48. The molecule has 10 atom stereocenters. The van der Waals surface area contributed by atoms with E-state index in [1.807, 2.05) is 31.6 Å². The van der Waals surface area contributed by atoms with Crippen molar-refractivity contribution in [1.82, 2.24) is 19.6 Å². The van der Waals surface area contributed by atoms with Crippen LogP contribution in [-0.2, 0) is 40.4 Å². The molecule has 4 aliphatic carbocycles. The number of esters is 1. The van der Waals surface area contributed by atoms with E-state index in [4.69, 9.17) is 24.2 Å². The van der Waals surface area contributed by atoms with Crippen molar-refractivity contribution >= 4 is 44.6 Å². The van der Waals surface area contributed by atoms with Gasteiger partial charge in [-0.3, -0.25) is 23.9 Å². The van der Waals surface area contributed by atoms with Crippen LogP contribution in [0.15, 0.2) is 18.2 Å². The molecule has 0 radical (unpaired) electrons. The van der Waals surface area contributed by atoms with E-state index < -0.39 is 92.4 Å². The van der Waals surface area contributed by atoms with Crippen LogP contribution >= 0.6 is 0 Å². The minimum atomic E-state index is -4.10. The summed E-state index contributed by atoms with van der Waals surface area (Å²) in [4.78, 5) is 68.3. The molecule has 0 spiro atoms. The number of ketones is 1. The molecule has 4 saturated carbocycles. The summed E-state index contributed by atoms with van der Waals surface area (Å²) < 4.78 is 74.6. The predicted octanol–water partition coefficient (Wildman–Crippen LogP) is 6.44. The van der Waals surface area contributed by atoms with Gasteiger partial charge < -0.3 is 19.1 Å². The van der Waals surface area contributed by atoms with Gasteiger partial charge in [0.05, 0.1) is 53.7 Å². The Morgan fingerprint density at radius 1 is 1.02 bits per heavy atom. The number of fused-ring (bicyclic) bond motifs is 7. The Balaban J connectivity index is 0.00000544. The average molecular weight is 859 g/mol. The van der Waals surface area contributed by atoms with Crippen LogP contribution in [-0.4, -0.2) is 90.4 Å². The highest BCUT2D eigenvalue weighted by atomic mass is 32.2. The van der Waals surface area contributed by atoms with Crippen LogP contribution in [0.25, 0.3) is 11.0 Å². The minimum Gasteiger partial charge on any atom is -0.497 e. The summed E-state index contributed by atoms with van der Waals surface area (Å²) in [6.45, 7) is 7.16. The third kappa shape index (κ3) is 8.59. The van der Waals surface area contributed by atoms with E-state index >= 15 is 0 Å². The van der Waals surface area contributed by atoms with Crippen molar-refractivity contribution < 1.29 is 50.6 Å². The molecule has 60 heavy (non-hydrogen) atoms. The number of alkyl halides is 2. The fourth-order valence-electron chi connectivity index (χ4n) is 10.2. The Morgan fingerprint density at radius 2 is 1.77 bits per heavy atom. The largest absolute Gasteiger partial charge is 0.497 e. The van der Waals surface area contributed by atoms with Gasteiger partial charge in [-0.05, 0) is 86.7 Å². The van der Waals surface area contributed by atoms with Crippen LogP contribution < -0.4 is 14.2 Å². The highest BCUT2D eigenvalue weighted by Gasteiger charge is 2.66. The van der Waals surface area contributed by atoms with Crippen molar-refractivity contribution in [2.45, 2.75) is 142 Å². The van der Waals surface area contributed by atoms with E-state index in [1.165, 1.54) is 4.90 Å². The van der Waals surface area contributed by atoms with Crippen LogP contribution in [0.2, 0.25) is 0 Å². The standard InChI is InChI=1S/C43H56F2N4O9S.CH4/c1-22-35-21-49(37(22)33(50)20-43(19-29(43)38(44)45)41(53)48-59(54,55)25-12-13-25)40(52)28(42(2,3)4)18-36(51)57-34-16-23-15-27(23)26(34)9-7-6-8-10-31-39(58-35)47-32-17-24(56-5)11-14-30(32)46-31;/h11,14,17,22-23,25-29,34-35,37-38H,6-10,12-13,15-16,18-21H2,1-5H3,(H,48,53);1H4/t22-,23+,26-,27+,28-,29+,34-,35+,37+,43-;/m1./s1. The van der Waals surface area contributed by atoms with Gasteiger partial charge in [-0.15, -0.1) is 0 Å². The third-order valence-corrected chi connectivity index (χ3v) is 16.0. The Kier molecular flexibility index (Phi) is 12.1. The first kappa shape index (κ1) is 44.1. The molecular formula is C44H60F2N4O9S. The predicted molar refractivity (Wildman–Crippen MR) is 217 cm³/mol. The van der Waals surface area contributed by atoms with Crippen molar-refractivity contribution in [3.63, 3.8) is 0 Å². The molecule has 0 unspecified atom stereocenters. The van der Waals surface area contributed by atoms with E-state index in [0.717, 1.165) is 38.5 Å². The summed E-state index contributed by atoms with van der Waals surface area (Å²) in [5.41, 5.74) is -0.941. The zero-order valence-corrected chi connectivity index (χ0v) is 35.3. The first-order chi connectivity index (χ1) is 27.9. The molecule has 2 aromatic rings. The van der Waals surface area contributed by atoms with Crippen LogP contribution in [0.4, 0.5) is 8.78 Å². The van der Waals surface area contributed by atoms with Crippen LogP contribution in [0.3, 0.4) is 0 Å². The Bertz CT molecular complexity index is 2130. The second-order valence-electron chi connectivity index (χ2n) is 19.2. The number of carbonyl (C=O) groups is 4. The lowest BCUT2D eigenvalue weighted by Crippen LogP contribution is -2.50. The number of halogens is 2. The molecule has 3 heterocycles. The van der Waals surface area contributed by atoms with Crippen LogP contribution in [0.1, 0.15) is 111 Å². The van der Waals surface area contributed by atoms with Crippen molar-refractivity contribution in [3.05, 3.63) is 23.9 Å². The monoisotopic (exact) mass is 858 g/mol. The smallest absolute Gasteiger partial charge is 0.306 e. The molecule has 2 aliphatic heterocycles. The summed E-state index contributed by atoms with van der Waals surface area (Å²) in [7, 11) is -2.55. The molecule has 6 aliphatic rings. The molecular weight excluding hydrogens is 799 g/mol. The number of aryl methyl sites for hydroxylation is 1. The van der Waals surface area contributed by atoms with E-state index in [0.29, 0.717) is 53.6 Å². The highest BCUT2D eigenvalue weighted by molar-refractivity contribution is 7.90. The van der Waals surface area contributed by atoms with Gasteiger partial charge in [0.15, 0.2) is 5.78 Å². The highest BCUT2D eigenvalue weighted by Crippen LogP contribution is 2.60. The molecule has 16 heteroatoms. The van der Waals surface area contributed by atoms with Gasteiger partial charge in [0.1, 0.15) is 23.7 Å². The van der Waals surface area contributed by atoms with Gasteiger partial charge in [0, 0.05) is 24.3 Å². The molecule has 2 bridgehead atoms. The Hall–Kier alpha value is -3.95. The van der Waals surface area contributed by atoms with Crippen molar-refractivity contribution in [2.75, 3.05) is 13.7 Å². The van der Waals surface area contributed by atoms with Gasteiger partial charge in [-0.2, -0.15) is 0 Å². The maximum atomic E-state index is 15.0. The second kappa shape index (κ2) is 16.4. The van der Waals surface area contributed by atoms with Gasteiger partial charge >= 0.3 is 5.97 Å². The summed E-state index contributed by atoms with van der Waals surface area (Å²) in [6, 6.07) is 4.13. The Morgan fingerprint density at radius 3 is 2.43 bits per heavy atom. The Labute approximate surface area is 351 Å². The lowest BCUT2D eigenvalue weighted by Gasteiger charge is -2.35. The van der Waals surface area contributed by atoms with E-state index in [1.54, 1.807) is 26.2 Å². The first-order valence-electron chi connectivity index (χ1n) is 21.3. The lowest BCUT2D eigenvalue weighted by molar-refractivity contribution is -0.158. The molecule has 330 valence electrons. The van der Waals surface area contributed by atoms with E-state index in [2.05, 4.69) is 0 Å². The zero-order chi connectivity index (χ0) is 42.2. The fourth-order valence-corrected chi connectivity index (χ4v) is 11.6. The molecule has 1 saturated heterocycles. The number of nitrogens with one attached hydrogen (secondary N) is 1. The number of methoxy groups -OCH3 is 1. The number of carbonyl (C=O) groups excluding carboxylic acids is 4. The number of nitrogens with zero attached hydrogens (tertiary/aromatic N) is 3. The molecule has 1 N–H and O–H groups in total. The first-order valence-corrected chi connectivity index (χ1v) is 22.8. The van der Waals surface area contributed by atoms with Crippen LogP contribution in [0, 0.1) is 46.3 Å². The number of aromatic nitrogens is 2. The molecule has 1 aromatic carbocycles. The topological polar surface area (TPSA) is 171 Å². The number of hydrogen-bond acceptors (Lipinski definition) is 11. The molecule has 1 aromatic heterocycles. The van der Waals surface area contributed by atoms with Gasteiger partial charge in [-0.25, -0.2) is 27.2 Å². The SMILES string of the molecule is C.COc1ccc2nc3c(nc2c1)O[C@H]1CN(C(=O)[C@H](C(C)(C)C)CC(=O)O[C@@H]2C[C@@H]4C[C@@H]4[C@H]2CCCCC3)[C@H](C(=O)C[C@]2(C(=O)NS(=O)(=O)C3CC3)C[C@H]2C(F)F)[C@@H]1C. The maximum absolute atomic E-state index is 15.0. The number of benzene rings is 1. The van der Waals surface area contributed by atoms with E-state index in [-0.39, 0.29) is 44.7 Å². The number of hydrogen-bond donors (Lipinski definition) is 1. The van der Waals surface area contributed by atoms with Gasteiger partial charge in [0.25, 0.3) is 0 Å². The number of rotatable bonds is 8. The lowest BCUT2D eigenvalue weighted by atomic mass is 9.77. The molecule has 13 nitrogen and oxygen atoms in total. The number of ether oxygens (including phenoxy) is 3. The minimum absolute atomic E-state index is 0. The second-order valence-corrected chi connectivity index (χ2v) is 21.2. The normalized spacial score (nSPS) is 33.3. The summed E-state index contributed by atoms with van der Waals surface area (Å²) >= 11 is 0. The van der Waals surface area contributed by atoms with Crippen molar-refractivity contribution in [2.24, 2.45) is 46.3 Å². The third-order valence-electron chi connectivity index (χ3n) is 14.1. The molecule has 5 fully saturated rings.